The number of carbonyl (C=O) groups excluding carboxylic acids is 1. The molecule has 0 aliphatic rings. The van der Waals surface area contributed by atoms with Gasteiger partial charge < -0.3 is 10.1 Å². The molecule has 0 atom stereocenters. The van der Waals surface area contributed by atoms with Gasteiger partial charge in [-0.2, -0.15) is 0 Å². The highest BCUT2D eigenvalue weighted by atomic mass is 32.2. The van der Waals surface area contributed by atoms with E-state index in [1.165, 1.54) is 17.6 Å². The van der Waals surface area contributed by atoms with Crippen LogP contribution in [-0.4, -0.2) is 24.4 Å². The van der Waals surface area contributed by atoms with Gasteiger partial charge in [0.15, 0.2) is 0 Å². The molecule has 0 bridgehead atoms. The van der Waals surface area contributed by atoms with Crippen molar-refractivity contribution in [1.82, 2.24) is 5.32 Å². The molecule has 0 unspecified atom stereocenters. The third kappa shape index (κ3) is 7.23. The first-order chi connectivity index (χ1) is 8.90. The van der Waals surface area contributed by atoms with Gasteiger partial charge in [-0.1, -0.05) is 12.1 Å². The number of nitrogens with one attached hydrogen (secondary N) is 1. The first kappa shape index (κ1) is 16.1. The Hall–Kier alpha value is -1.00. The van der Waals surface area contributed by atoms with E-state index in [9.17, 15) is 4.79 Å². The molecule has 0 saturated heterocycles. The van der Waals surface area contributed by atoms with E-state index >= 15 is 0 Å². The molecule has 19 heavy (non-hydrogen) atoms. The number of rotatable bonds is 6. The van der Waals surface area contributed by atoms with Crippen molar-refractivity contribution in [1.29, 1.82) is 0 Å². The van der Waals surface area contributed by atoms with Crippen molar-refractivity contribution < 1.29 is 9.53 Å². The summed E-state index contributed by atoms with van der Waals surface area (Å²) in [4.78, 5) is 12.2. The summed E-state index contributed by atoms with van der Waals surface area (Å²) in [5.41, 5.74) is 1.40. The predicted molar refractivity (Wildman–Crippen MR) is 80.4 cm³/mol. The van der Waals surface area contributed by atoms with Gasteiger partial charge in [-0.3, -0.25) is 4.79 Å². The van der Waals surface area contributed by atoms with E-state index in [0.29, 0.717) is 6.42 Å². The van der Waals surface area contributed by atoms with Gasteiger partial charge >= 0.3 is 5.97 Å². The van der Waals surface area contributed by atoms with Gasteiger partial charge in [0.25, 0.3) is 0 Å². The number of methoxy groups -OCH3 is 1. The van der Waals surface area contributed by atoms with Crippen molar-refractivity contribution in [3.8, 4) is 0 Å². The Balaban J connectivity index is 2.37. The Kier molecular flexibility index (Phi) is 6.38. The molecule has 1 N–H and O–H groups in total. The minimum atomic E-state index is -0.154. The number of esters is 1. The first-order valence-corrected chi connectivity index (χ1v) is 7.43. The second-order valence-electron chi connectivity index (χ2n) is 5.42. The molecule has 1 aromatic carbocycles. The number of thioether (sulfide) groups is 1. The van der Waals surface area contributed by atoms with Crippen LogP contribution in [0.2, 0.25) is 0 Å². The van der Waals surface area contributed by atoms with Crippen molar-refractivity contribution in [2.24, 2.45) is 0 Å². The summed E-state index contributed by atoms with van der Waals surface area (Å²) >= 11 is 1.68. The minimum Gasteiger partial charge on any atom is -0.469 e. The Morgan fingerprint density at radius 2 is 1.89 bits per heavy atom. The Bertz CT molecular complexity index is 396. The van der Waals surface area contributed by atoms with E-state index in [-0.39, 0.29) is 11.5 Å². The van der Waals surface area contributed by atoms with Gasteiger partial charge in [0.05, 0.1) is 13.5 Å². The fraction of sp³-hybridized carbons (Fsp3) is 0.533. The van der Waals surface area contributed by atoms with Gasteiger partial charge in [-0.05, 0) is 38.5 Å². The van der Waals surface area contributed by atoms with E-state index < -0.39 is 0 Å². The van der Waals surface area contributed by atoms with Crippen molar-refractivity contribution in [3.63, 3.8) is 0 Å². The SMILES string of the molecule is COC(=O)CCSc1ccc(CNC(C)(C)C)cc1. The lowest BCUT2D eigenvalue weighted by Crippen LogP contribution is -2.35. The van der Waals surface area contributed by atoms with E-state index in [1.54, 1.807) is 11.8 Å². The molecule has 4 heteroatoms. The monoisotopic (exact) mass is 281 g/mol. The molecule has 0 heterocycles. The zero-order valence-electron chi connectivity index (χ0n) is 12.2. The molecule has 1 aromatic rings. The summed E-state index contributed by atoms with van der Waals surface area (Å²) in [5.74, 6) is 0.602. The highest BCUT2D eigenvalue weighted by Crippen LogP contribution is 2.19. The highest BCUT2D eigenvalue weighted by Gasteiger charge is 2.08. The van der Waals surface area contributed by atoms with Crippen molar-refractivity contribution >= 4 is 17.7 Å². The molecule has 0 radical (unpaired) electrons. The zero-order chi connectivity index (χ0) is 14.3. The topological polar surface area (TPSA) is 38.3 Å². The zero-order valence-corrected chi connectivity index (χ0v) is 13.0. The number of hydrogen-bond donors (Lipinski definition) is 1. The van der Waals surface area contributed by atoms with Crippen molar-refractivity contribution in [2.75, 3.05) is 12.9 Å². The maximum atomic E-state index is 11.0. The number of ether oxygens (including phenoxy) is 1. The molecule has 0 spiro atoms. The fourth-order valence-corrected chi connectivity index (χ4v) is 2.26. The smallest absolute Gasteiger partial charge is 0.306 e. The molecule has 0 saturated carbocycles. The standard InChI is InChI=1S/C15H23NO2S/c1-15(2,3)16-11-12-5-7-13(8-6-12)19-10-9-14(17)18-4/h5-8,16H,9-11H2,1-4H3. The van der Waals surface area contributed by atoms with Crippen LogP contribution in [0.25, 0.3) is 0 Å². The molecular weight excluding hydrogens is 258 g/mol. The van der Waals surface area contributed by atoms with Gasteiger partial charge in [0.2, 0.25) is 0 Å². The number of carbonyl (C=O) groups is 1. The van der Waals surface area contributed by atoms with Gasteiger partial charge in [-0.15, -0.1) is 11.8 Å². The normalized spacial score (nSPS) is 11.4. The van der Waals surface area contributed by atoms with Crippen LogP contribution in [0, 0.1) is 0 Å². The number of benzene rings is 1. The second-order valence-corrected chi connectivity index (χ2v) is 6.59. The summed E-state index contributed by atoms with van der Waals surface area (Å²) < 4.78 is 4.61. The maximum Gasteiger partial charge on any atom is 0.306 e. The van der Waals surface area contributed by atoms with Crippen LogP contribution in [0.5, 0.6) is 0 Å². The van der Waals surface area contributed by atoms with E-state index in [2.05, 4.69) is 55.1 Å². The van der Waals surface area contributed by atoms with Gasteiger partial charge in [0, 0.05) is 22.7 Å². The maximum absolute atomic E-state index is 11.0. The Morgan fingerprint density at radius 3 is 2.42 bits per heavy atom. The third-order valence-electron chi connectivity index (χ3n) is 2.55. The summed E-state index contributed by atoms with van der Waals surface area (Å²) in [5, 5.41) is 3.46. The molecule has 0 aliphatic heterocycles. The lowest BCUT2D eigenvalue weighted by molar-refractivity contribution is -0.140. The summed E-state index contributed by atoms with van der Waals surface area (Å²) in [6, 6.07) is 8.45. The van der Waals surface area contributed by atoms with Crippen molar-refractivity contribution in [3.05, 3.63) is 29.8 Å². The first-order valence-electron chi connectivity index (χ1n) is 6.44. The third-order valence-corrected chi connectivity index (χ3v) is 3.56. The average Bonchev–Trinajstić information content (AvgIpc) is 2.36. The molecule has 1 rings (SSSR count). The van der Waals surface area contributed by atoms with Crippen LogP contribution in [0.4, 0.5) is 0 Å². The van der Waals surface area contributed by atoms with Crippen LogP contribution < -0.4 is 5.32 Å². The molecule has 0 aromatic heterocycles. The van der Waals surface area contributed by atoms with E-state index in [0.717, 1.165) is 12.3 Å². The van der Waals surface area contributed by atoms with Gasteiger partial charge in [-0.25, -0.2) is 0 Å². The average molecular weight is 281 g/mol. The van der Waals surface area contributed by atoms with E-state index in [1.807, 2.05) is 0 Å². The summed E-state index contributed by atoms with van der Waals surface area (Å²) in [6.07, 6.45) is 0.453. The minimum absolute atomic E-state index is 0.133. The lowest BCUT2D eigenvalue weighted by atomic mass is 10.1. The fourth-order valence-electron chi connectivity index (χ4n) is 1.43. The van der Waals surface area contributed by atoms with Crippen LogP contribution in [0.1, 0.15) is 32.8 Å². The molecule has 0 aliphatic carbocycles. The predicted octanol–water partition coefficient (Wildman–Crippen LogP) is 3.23. The van der Waals surface area contributed by atoms with Gasteiger partial charge in [0.1, 0.15) is 0 Å². The Morgan fingerprint density at radius 1 is 1.26 bits per heavy atom. The van der Waals surface area contributed by atoms with Crippen molar-refractivity contribution in [2.45, 2.75) is 44.2 Å². The molecule has 0 fully saturated rings. The lowest BCUT2D eigenvalue weighted by Gasteiger charge is -2.20. The molecule has 106 valence electrons. The number of hydrogen-bond acceptors (Lipinski definition) is 4. The highest BCUT2D eigenvalue weighted by molar-refractivity contribution is 7.99. The van der Waals surface area contributed by atoms with E-state index in [4.69, 9.17) is 0 Å². The van der Waals surface area contributed by atoms with Crippen LogP contribution in [-0.2, 0) is 16.1 Å². The van der Waals surface area contributed by atoms with Crippen LogP contribution >= 0.6 is 11.8 Å². The largest absolute Gasteiger partial charge is 0.469 e. The van der Waals surface area contributed by atoms with Crippen LogP contribution in [0.15, 0.2) is 29.2 Å². The Labute approximate surface area is 120 Å². The molecule has 3 nitrogen and oxygen atoms in total. The summed E-state index contributed by atoms with van der Waals surface area (Å²) in [7, 11) is 1.42. The second kappa shape index (κ2) is 7.56. The molecule has 0 amide bonds. The quantitative estimate of drug-likeness (QED) is 0.642. The molecular formula is C15H23NO2S. The van der Waals surface area contributed by atoms with Crippen LogP contribution in [0.3, 0.4) is 0 Å². The summed E-state index contributed by atoms with van der Waals surface area (Å²) in [6.45, 7) is 7.34.